The van der Waals surface area contributed by atoms with Gasteiger partial charge in [-0.25, -0.2) is 0 Å². The van der Waals surface area contributed by atoms with Crippen molar-refractivity contribution in [3.8, 4) is 0 Å². The molecule has 0 aliphatic heterocycles. The lowest BCUT2D eigenvalue weighted by Crippen LogP contribution is -2.53. The van der Waals surface area contributed by atoms with E-state index in [1.807, 2.05) is 0 Å². The molecule has 0 bridgehead atoms. The highest BCUT2D eigenvalue weighted by Crippen LogP contribution is 2.18. The Morgan fingerprint density at radius 1 is 0.333 bits per heavy atom. The average molecular weight is 1050 g/mol. The minimum Gasteiger partial charge on any atom is -0.394 e. The van der Waals surface area contributed by atoms with Gasteiger partial charge in [0.1, 0.15) is 12.2 Å². The summed E-state index contributed by atoms with van der Waals surface area (Å²) in [4.78, 5) is 12.6. The highest BCUT2D eigenvalue weighted by Gasteiger charge is 2.28. The van der Waals surface area contributed by atoms with Gasteiger partial charge in [0, 0.05) is 0 Å². The summed E-state index contributed by atoms with van der Waals surface area (Å²) in [6.07, 6.45) is 82.2. The molecule has 0 aliphatic rings. The van der Waals surface area contributed by atoms with Crippen LogP contribution in [0.2, 0.25) is 0 Å². The molecule has 0 radical (unpaired) electrons. The van der Waals surface area contributed by atoms with Gasteiger partial charge in [0.05, 0.1) is 18.8 Å². The predicted octanol–water partition coefficient (Wildman–Crippen LogP) is 20.5. The Morgan fingerprint density at radius 2 is 0.600 bits per heavy atom. The highest BCUT2D eigenvalue weighted by atomic mass is 16.3. The molecule has 6 nitrogen and oxygen atoms in total. The number of amides is 1. The molecule has 0 aromatic heterocycles. The Bertz CT molecular complexity index is 1230. The van der Waals surface area contributed by atoms with Crippen LogP contribution in [0.3, 0.4) is 0 Å². The summed E-state index contributed by atoms with van der Waals surface area (Å²) in [6.45, 7) is 4.08. The van der Waals surface area contributed by atoms with Gasteiger partial charge in [-0.05, 0) is 83.5 Å². The SMILES string of the molecule is CCCCCCCCCCC/C=C\C/C=C\CCCCCCCCCCCCCCCCCCC(O)C(=O)NC(CO)C(O)C(O)CCC/C=C/CC/C=C/CCCCCCCCCCCCCCCCCCCC. The Hall–Kier alpha value is -1.73. The Labute approximate surface area is 468 Å². The van der Waals surface area contributed by atoms with E-state index in [0.717, 1.165) is 44.9 Å². The van der Waals surface area contributed by atoms with Gasteiger partial charge >= 0.3 is 0 Å². The smallest absolute Gasteiger partial charge is 0.249 e. The first kappa shape index (κ1) is 73.3. The molecule has 0 spiro atoms. The number of aliphatic hydroxyl groups is 4. The van der Waals surface area contributed by atoms with E-state index in [9.17, 15) is 25.2 Å². The third-order valence-electron chi connectivity index (χ3n) is 15.7. The fourth-order valence-corrected chi connectivity index (χ4v) is 10.5. The first-order valence-electron chi connectivity index (χ1n) is 33.5. The monoisotopic (exact) mass is 1050 g/mol. The normalized spacial score (nSPS) is 13.8. The van der Waals surface area contributed by atoms with Crippen molar-refractivity contribution in [1.82, 2.24) is 5.32 Å². The van der Waals surface area contributed by atoms with Crippen molar-refractivity contribution in [3.63, 3.8) is 0 Å². The van der Waals surface area contributed by atoms with Crippen LogP contribution in [0.1, 0.15) is 354 Å². The summed E-state index contributed by atoms with van der Waals surface area (Å²) >= 11 is 0. The van der Waals surface area contributed by atoms with Crippen LogP contribution < -0.4 is 5.32 Å². The molecule has 6 heteroatoms. The molecule has 5 N–H and O–H groups in total. The van der Waals surface area contributed by atoms with E-state index in [1.165, 1.54) is 276 Å². The minimum absolute atomic E-state index is 0.360. The number of rotatable bonds is 62. The number of carbonyl (C=O) groups excluding carboxylic acids is 1. The Morgan fingerprint density at radius 3 is 0.920 bits per heavy atom. The summed E-state index contributed by atoms with van der Waals surface area (Å²) < 4.78 is 0. The molecule has 0 aliphatic carbocycles. The second kappa shape index (κ2) is 63.1. The number of carbonyl (C=O) groups is 1. The molecule has 0 saturated heterocycles. The summed E-state index contributed by atoms with van der Waals surface area (Å²) in [5.74, 6) is -0.593. The van der Waals surface area contributed by atoms with Gasteiger partial charge in [0.15, 0.2) is 0 Å². The van der Waals surface area contributed by atoms with E-state index in [0.29, 0.717) is 19.3 Å². The number of hydrogen-bond donors (Lipinski definition) is 5. The fourth-order valence-electron chi connectivity index (χ4n) is 10.5. The minimum atomic E-state index is -1.29. The van der Waals surface area contributed by atoms with E-state index in [-0.39, 0.29) is 0 Å². The lowest BCUT2D eigenvalue weighted by molar-refractivity contribution is -0.132. The van der Waals surface area contributed by atoms with E-state index in [1.54, 1.807) is 0 Å². The van der Waals surface area contributed by atoms with Crippen LogP contribution in [-0.4, -0.2) is 57.3 Å². The Balaban J connectivity index is 3.62. The molecule has 0 fully saturated rings. The van der Waals surface area contributed by atoms with Crippen LogP contribution >= 0.6 is 0 Å². The molecular weight excluding hydrogens is 923 g/mol. The van der Waals surface area contributed by atoms with Crippen molar-refractivity contribution in [2.24, 2.45) is 0 Å². The molecule has 442 valence electrons. The quantitative estimate of drug-likeness (QED) is 0.0308. The molecule has 0 aromatic rings. The molecular formula is C69H131NO5. The van der Waals surface area contributed by atoms with E-state index in [4.69, 9.17) is 0 Å². The van der Waals surface area contributed by atoms with E-state index < -0.39 is 36.9 Å². The summed E-state index contributed by atoms with van der Waals surface area (Å²) in [5.41, 5.74) is 0. The zero-order valence-electron chi connectivity index (χ0n) is 50.3. The second-order valence-corrected chi connectivity index (χ2v) is 23.2. The van der Waals surface area contributed by atoms with Gasteiger partial charge in [0.2, 0.25) is 5.91 Å². The van der Waals surface area contributed by atoms with Gasteiger partial charge in [0.25, 0.3) is 0 Å². The lowest BCUT2D eigenvalue weighted by Gasteiger charge is -2.27. The standard InChI is InChI=1S/C69H131NO5/c1-3-5-7-9-11-13-15-17-19-21-23-25-27-29-31-32-33-34-35-37-39-41-43-45-47-49-51-53-55-57-59-61-63-67(73)69(75)70-65(64-71)68(74)66(72)62-60-58-56-54-52-50-48-46-44-42-40-38-36-30-28-26-24-22-20-18-16-14-12-10-8-6-4-2/h23,25,29,31,46,48,54,56,65-68,71-74H,3-22,24,26-28,30,32-45,47,49-53,55,57-64H2,1-2H3,(H,70,75)/b25-23-,31-29-,48-46+,56-54+. The predicted molar refractivity (Wildman–Crippen MR) is 330 cm³/mol. The molecule has 0 aromatic carbocycles. The zero-order valence-corrected chi connectivity index (χ0v) is 50.3. The molecule has 0 heterocycles. The lowest BCUT2D eigenvalue weighted by atomic mass is 10.00. The molecule has 4 unspecified atom stereocenters. The number of aliphatic hydroxyl groups excluding tert-OH is 4. The van der Waals surface area contributed by atoms with Crippen molar-refractivity contribution in [3.05, 3.63) is 48.6 Å². The van der Waals surface area contributed by atoms with Crippen LogP contribution in [0, 0.1) is 0 Å². The van der Waals surface area contributed by atoms with Gasteiger partial charge in [-0.2, -0.15) is 0 Å². The second-order valence-electron chi connectivity index (χ2n) is 23.2. The maximum atomic E-state index is 12.6. The van der Waals surface area contributed by atoms with Gasteiger partial charge < -0.3 is 25.7 Å². The van der Waals surface area contributed by atoms with Crippen molar-refractivity contribution < 1.29 is 25.2 Å². The average Bonchev–Trinajstić information content (AvgIpc) is 3.42. The molecule has 0 saturated carbocycles. The van der Waals surface area contributed by atoms with Crippen molar-refractivity contribution >= 4 is 5.91 Å². The summed E-state index contributed by atoms with van der Waals surface area (Å²) in [7, 11) is 0. The summed E-state index contributed by atoms with van der Waals surface area (Å²) in [6, 6.07) is -1.01. The van der Waals surface area contributed by atoms with Crippen molar-refractivity contribution in [2.45, 2.75) is 379 Å². The largest absolute Gasteiger partial charge is 0.394 e. The molecule has 4 atom stereocenters. The zero-order chi connectivity index (χ0) is 54.4. The number of allylic oxidation sites excluding steroid dienone is 8. The van der Waals surface area contributed by atoms with E-state index >= 15 is 0 Å². The third kappa shape index (κ3) is 56.8. The van der Waals surface area contributed by atoms with E-state index in [2.05, 4.69) is 67.8 Å². The highest BCUT2D eigenvalue weighted by molar-refractivity contribution is 5.80. The number of nitrogens with one attached hydrogen (secondary N) is 1. The topological polar surface area (TPSA) is 110 Å². The molecule has 0 rings (SSSR count). The maximum absolute atomic E-state index is 12.6. The first-order chi connectivity index (χ1) is 37.0. The van der Waals surface area contributed by atoms with Crippen LogP contribution in [0.15, 0.2) is 48.6 Å². The van der Waals surface area contributed by atoms with Crippen LogP contribution in [0.4, 0.5) is 0 Å². The first-order valence-corrected chi connectivity index (χ1v) is 33.5. The van der Waals surface area contributed by atoms with Crippen molar-refractivity contribution in [1.29, 1.82) is 0 Å². The third-order valence-corrected chi connectivity index (χ3v) is 15.7. The van der Waals surface area contributed by atoms with Crippen LogP contribution in [-0.2, 0) is 4.79 Å². The number of unbranched alkanes of at least 4 members (excludes halogenated alkanes) is 45. The Kier molecular flexibility index (Phi) is 61.6. The molecule has 1 amide bonds. The van der Waals surface area contributed by atoms with Gasteiger partial charge in [-0.1, -0.05) is 319 Å². The van der Waals surface area contributed by atoms with Crippen LogP contribution in [0.25, 0.3) is 0 Å². The van der Waals surface area contributed by atoms with Gasteiger partial charge in [-0.15, -0.1) is 0 Å². The maximum Gasteiger partial charge on any atom is 0.249 e. The van der Waals surface area contributed by atoms with Crippen LogP contribution in [0.5, 0.6) is 0 Å². The fraction of sp³-hybridized carbons (Fsp3) is 0.870. The molecule has 75 heavy (non-hydrogen) atoms. The summed E-state index contributed by atoms with van der Waals surface area (Å²) in [5, 5.41) is 44.1. The van der Waals surface area contributed by atoms with Crippen molar-refractivity contribution in [2.75, 3.05) is 6.61 Å². The number of hydrogen-bond acceptors (Lipinski definition) is 5. The van der Waals surface area contributed by atoms with Gasteiger partial charge in [-0.3, -0.25) is 4.79 Å².